The summed E-state index contributed by atoms with van der Waals surface area (Å²) >= 11 is 0. The van der Waals surface area contributed by atoms with Gasteiger partial charge in [-0.15, -0.1) is 0 Å². The van der Waals surface area contributed by atoms with Gasteiger partial charge in [-0.3, -0.25) is 0 Å². The SMILES string of the molecule is O=C(O)C1(O)CCN(S(=O)(=O)CCC(F)(F)F)CC1. The number of hydrogen-bond donors (Lipinski definition) is 2. The molecule has 112 valence electrons. The Morgan fingerprint density at radius 2 is 1.74 bits per heavy atom. The summed E-state index contributed by atoms with van der Waals surface area (Å²) in [6, 6.07) is 0. The lowest BCUT2D eigenvalue weighted by Gasteiger charge is -2.34. The number of hydrogen-bond acceptors (Lipinski definition) is 4. The van der Waals surface area contributed by atoms with Gasteiger partial charge in [0.25, 0.3) is 0 Å². The Morgan fingerprint density at radius 1 is 1.26 bits per heavy atom. The molecule has 19 heavy (non-hydrogen) atoms. The zero-order valence-electron chi connectivity index (χ0n) is 9.85. The number of carboxylic acid groups (broad SMARTS) is 1. The normalized spacial score (nSPS) is 21.3. The third-order valence-corrected chi connectivity index (χ3v) is 4.86. The number of halogens is 3. The summed E-state index contributed by atoms with van der Waals surface area (Å²) < 4.78 is 60.0. The molecule has 2 N–H and O–H groups in total. The molecular formula is C9H14F3NO5S. The topological polar surface area (TPSA) is 94.9 Å². The summed E-state index contributed by atoms with van der Waals surface area (Å²) in [5.41, 5.74) is -2.00. The number of aliphatic hydroxyl groups is 1. The number of rotatable bonds is 4. The largest absolute Gasteiger partial charge is 0.479 e. The summed E-state index contributed by atoms with van der Waals surface area (Å²) in [7, 11) is -4.08. The molecule has 1 saturated heterocycles. The van der Waals surface area contributed by atoms with E-state index in [0.717, 1.165) is 4.31 Å². The zero-order valence-corrected chi connectivity index (χ0v) is 10.7. The molecule has 0 unspecified atom stereocenters. The maximum Gasteiger partial charge on any atom is 0.390 e. The highest BCUT2D eigenvalue weighted by Crippen LogP contribution is 2.26. The van der Waals surface area contributed by atoms with Gasteiger partial charge < -0.3 is 10.2 Å². The number of carboxylic acids is 1. The highest BCUT2D eigenvalue weighted by Gasteiger charge is 2.42. The maximum absolute atomic E-state index is 12.0. The van der Waals surface area contributed by atoms with Gasteiger partial charge in [-0.05, 0) is 0 Å². The van der Waals surface area contributed by atoms with Crippen LogP contribution in [0, 0.1) is 0 Å². The third-order valence-electron chi connectivity index (χ3n) is 2.98. The summed E-state index contributed by atoms with van der Waals surface area (Å²) in [5.74, 6) is -2.53. The van der Waals surface area contributed by atoms with Crippen molar-refractivity contribution in [3.05, 3.63) is 0 Å². The van der Waals surface area contributed by atoms with Crippen molar-refractivity contribution in [3.63, 3.8) is 0 Å². The number of sulfonamides is 1. The molecule has 0 bridgehead atoms. The van der Waals surface area contributed by atoms with Crippen LogP contribution in [0.15, 0.2) is 0 Å². The fourth-order valence-electron chi connectivity index (χ4n) is 1.72. The molecule has 1 aliphatic rings. The number of aliphatic carboxylic acids is 1. The third kappa shape index (κ3) is 4.32. The fraction of sp³-hybridized carbons (Fsp3) is 0.889. The maximum atomic E-state index is 12.0. The molecule has 0 atom stereocenters. The van der Waals surface area contributed by atoms with E-state index in [1.807, 2.05) is 0 Å². The number of alkyl halides is 3. The average molecular weight is 305 g/mol. The van der Waals surface area contributed by atoms with Crippen molar-refractivity contribution in [2.24, 2.45) is 0 Å². The van der Waals surface area contributed by atoms with Crippen molar-refractivity contribution in [3.8, 4) is 0 Å². The van der Waals surface area contributed by atoms with Gasteiger partial charge in [0.2, 0.25) is 10.0 Å². The van der Waals surface area contributed by atoms with E-state index >= 15 is 0 Å². The van der Waals surface area contributed by atoms with Crippen molar-refractivity contribution >= 4 is 16.0 Å². The van der Waals surface area contributed by atoms with E-state index < -0.39 is 39.9 Å². The second-order valence-corrected chi connectivity index (χ2v) is 6.51. The molecule has 1 heterocycles. The molecular weight excluding hydrogens is 291 g/mol. The highest BCUT2D eigenvalue weighted by molar-refractivity contribution is 7.89. The quantitative estimate of drug-likeness (QED) is 0.772. The molecule has 0 aromatic heterocycles. The molecule has 0 aromatic rings. The van der Waals surface area contributed by atoms with Gasteiger partial charge in [-0.2, -0.15) is 13.2 Å². The Balaban J connectivity index is 2.62. The summed E-state index contributed by atoms with van der Waals surface area (Å²) in [6.07, 6.45) is -6.69. The Morgan fingerprint density at radius 3 is 2.11 bits per heavy atom. The molecule has 6 nitrogen and oxygen atoms in total. The Labute approximate surface area is 107 Å². The fourth-order valence-corrected chi connectivity index (χ4v) is 3.21. The predicted octanol–water partition coefficient (Wildman–Crippen LogP) is 0.180. The van der Waals surface area contributed by atoms with Gasteiger partial charge >= 0.3 is 12.1 Å². The van der Waals surface area contributed by atoms with Gasteiger partial charge in [0.15, 0.2) is 5.60 Å². The van der Waals surface area contributed by atoms with Crippen molar-refractivity contribution in [1.82, 2.24) is 4.31 Å². The van der Waals surface area contributed by atoms with Crippen LogP contribution in [-0.4, -0.2) is 59.5 Å². The Hall–Kier alpha value is -0.870. The Bertz CT molecular complexity index is 439. The average Bonchev–Trinajstić information content (AvgIpc) is 2.26. The zero-order chi connectivity index (χ0) is 14.9. The summed E-state index contributed by atoms with van der Waals surface area (Å²) in [4.78, 5) is 10.7. The van der Waals surface area contributed by atoms with E-state index in [-0.39, 0.29) is 25.9 Å². The van der Waals surface area contributed by atoms with Crippen molar-refractivity contribution < 1.29 is 36.6 Å². The molecule has 0 aliphatic carbocycles. The van der Waals surface area contributed by atoms with Gasteiger partial charge in [0.05, 0.1) is 12.2 Å². The lowest BCUT2D eigenvalue weighted by atomic mass is 9.93. The molecule has 1 fully saturated rings. The first-order valence-corrected chi connectivity index (χ1v) is 7.08. The van der Waals surface area contributed by atoms with Gasteiger partial charge in [0.1, 0.15) is 0 Å². The first-order chi connectivity index (χ1) is 8.46. The smallest absolute Gasteiger partial charge is 0.390 e. The molecule has 1 rings (SSSR count). The molecule has 0 spiro atoms. The Kier molecular flexibility index (Phi) is 4.47. The molecule has 0 saturated carbocycles. The van der Waals surface area contributed by atoms with E-state index in [1.165, 1.54) is 0 Å². The van der Waals surface area contributed by atoms with Crippen LogP contribution < -0.4 is 0 Å². The number of carbonyl (C=O) groups is 1. The van der Waals surface area contributed by atoms with E-state index in [9.17, 15) is 31.5 Å². The number of nitrogens with zero attached hydrogens (tertiary/aromatic N) is 1. The van der Waals surface area contributed by atoms with Gasteiger partial charge in [-0.1, -0.05) is 0 Å². The minimum atomic E-state index is -4.56. The molecule has 0 amide bonds. The van der Waals surface area contributed by atoms with Crippen LogP contribution in [-0.2, 0) is 14.8 Å². The van der Waals surface area contributed by atoms with Crippen LogP contribution in [0.4, 0.5) is 13.2 Å². The second-order valence-electron chi connectivity index (χ2n) is 4.42. The first-order valence-electron chi connectivity index (χ1n) is 5.47. The molecule has 1 aliphatic heterocycles. The van der Waals surface area contributed by atoms with Crippen molar-refractivity contribution in [2.75, 3.05) is 18.8 Å². The van der Waals surface area contributed by atoms with E-state index in [0.29, 0.717) is 0 Å². The molecule has 0 radical (unpaired) electrons. The van der Waals surface area contributed by atoms with Crippen LogP contribution in [0.1, 0.15) is 19.3 Å². The van der Waals surface area contributed by atoms with Crippen molar-refractivity contribution in [2.45, 2.75) is 31.0 Å². The van der Waals surface area contributed by atoms with Crippen molar-refractivity contribution in [1.29, 1.82) is 0 Å². The van der Waals surface area contributed by atoms with Crippen LogP contribution in [0.5, 0.6) is 0 Å². The summed E-state index contributed by atoms with van der Waals surface area (Å²) in [6.45, 7) is -0.605. The van der Waals surface area contributed by atoms with Crippen LogP contribution in [0.25, 0.3) is 0 Å². The first kappa shape index (κ1) is 16.2. The minimum Gasteiger partial charge on any atom is -0.479 e. The lowest BCUT2D eigenvalue weighted by Crippen LogP contribution is -2.51. The summed E-state index contributed by atoms with van der Waals surface area (Å²) in [5, 5.41) is 18.3. The van der Waals surface area contributed by atoms with Crippen LogP contribution >= 0.6 is 0 Å². The van der Waals surface area contributed by atoms with Gasteiger partial charge in [0, 0.05) is 25.9 Å². The molecule has 0 aromatic carbocycles. The highest BCUT2D eigenvalue weighted by atomic mass is 32.2. The standard InChI is InChI=1S/C9H14F3NO5S/c10-9(11,12)3-6-19(17,18)13-4-1-8(16,2-5-13)7(14)15/h16H,1-6H2,(H,14,15). The molecule has 10 heteroatoms. The minimum absolute atomic E-state index is 0.303. The predicted molar refractivity (Wildman–Crippen MR) is 57.9 cm³/mol. The monoisotopic (exact) mass is 305 g/mol. The number of piperidine rings is 1. The van der Waals surface area contributed by atoms with E-state index in [1.54, 1.807) is 0 Å². The second kappa shape index (κ2) is 5.25. The van der Waals surface area contributed by atoms with Crippen LogP contribution in [0.3, 0.4) is 0 Å². The van der Waals surface area contributed by atoms with E-state index in [4.69, 9.17) is 5.11 Å². The lowest BCUT2D eigenvalue weighted by molar-refractivity contribution is -0.162. The van der Waals surface area contributed by atoms with Crippen LogP contribution in [0.2, 0.25) is 0 Å². The van der Waals surface area contributed by atoms with E-state index in [2.05, 4.69) is 0 Å². The van der Waals surface area contributed by atoms with Gasteiger partial charge in [-0.25, -0.2) is 17.5 Å².